The molecule has 18 heavy (non-hydrogen) atoms. The second-order valence-corrected chi connectivity index (χ2v) is 6.03. The van der Waals surface area contributed by atoms with Gasteiger partial charge in [-0.25, -0.2) is 0 Å². The molecule has 0 aliphatic carbocycles. The molecule has 2 rings (SSSR count). The summed E-state index contributed by atoms with van der Waals surface area (Å²) in [5.41, 5.74) is 10.6. The Bertz CT molecular complexity index is 524. The Balaban J connectivity index is 1.94. The van der Waals surface area contributed by atoms with E-state index in [1.54, 1.807) is 0 Å². The normalized spacial score (nSPS) is 10.8. The van der Waals surface area contributed by atoms with E-state index < -0.39 is 0 Å². The maximum atomic E-state index is 5.90. The van der Waals surface area contributed by atoms with Gasteiger partial charge in [0.2, 0.25) is 0 Å². The molecule has 2 aromatic rings. The Morgan fingerprint density at radius 2 is 1.94 bits per heavy atom. The molecule has 1 heterocycles. The molecule has 1 aromatic heterocycles. The van der Waals surface area contributed by atoms with Gasteiger partial charge in [-0.05, 0) is 49.6 Å². The lowest BCUT2D eigenvalue weighted by atomic mass is 10.1. The van der Waals surface area contributed by atoms with Gasteiger partial charge in [0, 0.05) is 28.5 Å². The molecular formula is C15H20N2S. The fraction of sp³-hybridized carbons (Fsp3) is 0.333. The summed E-state index contributed by atoms with van der Waals surface area (Å²) in [5, 5.41) is 3.48. The van der Waals surface area contributed by atoms with E-state index in [1.165, 1.54) is 26.4 Å². The van der Waals surface area contributed by atoms with Crippen LogP contribution in [0.3, 0.4) is 0 Å². The van der Waals surface area contributed by atoms with Crippen molar-refractivity contribution >= 4 is 17.0 Å². The van der Waals surface area contributed by atoms with Gasteiger partial charge in [0.1, 0.15) is 0 Å². The van der Waals surface area contributed by atoms with Crippen LogP contribution in [0.5, 0.6) is 0 Å². The summed E-state index contributed by atoms with van der Waals surface area (Å²) in [5.74, 6) is 0. The van der Waals surface area contributed by atoms with Crippen molar-refractivity contribution in [2.24, 2.45) is 0 Å². The molecule has 0 bridgehead atoms. The lowest BCUT2D eigenvalue weighted by molar-refractivity contribution is 0.698. The number of nitrogens with two attached hydrogens (primary N) is 1. The van der Waals surface area contributed by atoms with E-state index in [0.29, 0.717) is 0 Å². The highest BCUT2D eigenvalue weighted by Gasteiger charge is 2.03. The van der Waals surface area contributed by atoms with E-state index in [1.807, 2.05) is 23.5 Å². The van der Waals surface area contributed by atoms with Crippen molar-refractivity contribution in [3.63, 3.8) is 0 Å². The highest BCUT2D eigenvalue weighted by atomic mass is 32.1. The largest absolute Gasteiger partial charge is 0.399 e. The molecule has 0 saturated heterocycles. The van der Waals surface area contributed by atoms with Gasteiger partial charge < -0.3 is 11.1 Å². The first-order chi connectivity index (χ1) is 8.58. The Labute approximate surface area is 113 Å². The summed E-state index contributed by atoms with van der Waals surface area (Å²) < 4.78 is 0. The van der Waals surface area contributed by atoms with Crippen molar-refractivity contribution in [1.29, 1.82) is 0 Å². The molecule has 0 spiro atoms. The number of hydrogen-bond acceptors (Lipinski definition) is 3. The predicted molar refractivity (Wildman–Crippen MR) is 79.9 cm³/mol. The summed E-state index contributed by atoms with van der Waals surface area (Å²) >= 11 is 1.87. The highest BCUT2D eigenvalue weighted by molar-refractivity contribution is 7.12. The minimum Gasteiger partial charge on any atom is -0.399 e. The number of nitrogen functional groups attached to an aromatic ring is 1. The first-order valence-electron chi connectivity index (χ1n) is 6.18. The van der Waals surface area contributed by atoms with Gasteiger partial charge in [-0.3, -0.25) is 0 Å². The standard InChI is InChI=1S/C15H20N2S/c1-10-7-14(18-12(10)3)9-17-8-13-5-4-6-15(16)11(13)2/h4-7,17H,8-9,16H2,1-3H3. The van der Waals surface area contributed by atoms with Gasteiger partial charge in [-0.2, -0.15) is 0 Å². The molecule has 3 heteroatoms. The summed E-state index contributed by atoms with van der Waals surface area (Å²) in [6.07, 6.45) is 0. The SMILES string of the molecule is Cc1cc(CNCc2cccc(N)c2C)sc1C. The highest BCUT2D eigenvalue weighted by Crippen LogP contribution is 2.20. The monoisotopic (exact) mass is 260 g/mol. The smallest absolute Gasteiger partial charge is 0.0346 e. The fourth-order valence-electron chi connectivity index (χ4n) is 1.95. The molecule has 0 atom stereocenters. The van der Waals surface area contributed by atoms with Crippen LogP contribution in [-0.4, -0.2) is 0 Å². The van der Waals surface area contributed by atoms with Crippen LogP contribution in [0.25, 0.3) is 0 Å². The van der Waals surface area contributed by atoms with Crippen LogP contribution in [-0.2, 0) is 13.1 Å². The number of anilines is 1. The van der Waals surface area contributed by atoms with Gasteiger partial charge in [0.15, 0.2) is 0 Å². The lowest BCUT2D eigenvalue weighted by Gasteiger charge is -2.09. The lowest BCUT2D eigenvalue weighted by Crippen LogP contribution is -2.13. The third-order valence-corrected chi connectivity index (χ3v) is 4.47. The minimum absolute atomic E-state index is 0.868. The van der Waals surface area contributed by atoms with E-state index >= 15 is 0 Å². The Hall–Kier alpha value is -1.32. The molecule has 0 amide bonds. The van der Waals surface area contributed by atoms with E-state index in [9.17, 15) is 0 Å². The average molecular weight is 260 g/mol. The maximum absolute atomic E-state index is 5.90. The van der Waals surface area contributed by atoms with Crippen molar-refractivity contribution in [3.05, 3.63) is 50.7 Å². The first-order valence-corrected chi connectivity index (χ1v) is 7.00. The van der Waals surface area contributed by atoms with Crippen LogP contribution in [0.15, 0.2) is 24.3 Å². The van der Waals surface area contributed by atoms with E-state index in [2.05, 4.69) is 38.2 Å². The van der Waals surface area contributed by atoms with Crippen molar-refractivity contribution in [3.8, 4) is 0 Å². The van der Waals surface area contributed by atoms with E-state index in [4.69, 9.17) is 5.73 Å². The van der Waals surface area contributed by atoms with Crippen molar-refractivity contribution in [1.82, 2.24) is 5.32 Å². The predicted octanol–water partition coefficient (Wildman–Crippen LogP) is 3.55. The second kappa shape index (κ2) is 5.55. The molecule has 0 fully saturated rings. The molecule has 0 unspecified atom stereocenters. The number of nitrogens with one attached hydrogen (secondary N) is 1. The Morgan fingerprint density at radius 3 is 2.61 bits per heavy atom. The Morgan fingerprint density at radius 1 is 1.17 bits per heavy atom. The van der Waals surface area contributed by atoms with E-state index in [0.717, 1.165) is 18.8 Å². The maximum Gasteiger partial charge on any atom is 0.0346 e. The zero-order valence-electron chi connectivity index (χ0n) is 11.2. The average Bonchev–Trinajstić information content (AvgIpc) is 2.64. The van der Waals surface area contributed by atoms with Crippen molar-refractivity contribution < 1.29 is 0 Å². The number of benzene rings is 1. The van der Waals surface area contributed by atoms with Crippen LogP contribution in [0.2, 0.25) is 0 Å². The molecule has 0 aliphatic rings. The van der Waals surface area contributed by atoms with Crippen LogP contribution >= 0.6 is 11.3 Å². The van der Waals surface area contributed by atoms with E-state index in [-0.39, 0.29) is 0 Å². The van der Waals surface area contributed by atoms with Gasteiger partial charge in [0.25, 0.3) is 0 Å². The fourth-order valence-corrected chi connectivity index (χ4v) is 2.98. The first kappa shape index (κ1) is 13.1. The molecular weight excluding hydrogens is 240 g/mol. The van der Waals surface area contributed by atoms with Crippen molar-refractivity contribution in [2.75, 3.05) is 5.73 Å². The summed E-state index contributed by atoms with van der Waals surface area (Å²) in [4.78, 5) is 2.80. The van der Waals surface area contributed by atoms with Crippen molar-refractivity contribution in [2.45, 2.75) is 33.9 Å². The molecule has 3 N–H and O–H groups in total. The van der Waals surface area contributed by atoms with Gasteiger partial charge in [-0.15, -0.1) is 11.3 Å². The van der Waals surface area contributed by atoms with Crippen LogP contribution in [0, 0.1) is 20.8 Å². The zero-order valence-corrected chi connectivity index (χ0v) is 12.0. The minimum atomic E-state index is 0.868. The summed E-state index contributed by atoms with van der Waals surface area (Å²) in [7, 11) is 0. The molecule has 96 valence electrons. The third-order valence-electron chi connectivity index (χ3n) is 3.32. The third kappa shape index (κ3) is 2.92. The van der Waals surface area contributed by atoms with Crippen LogP contribution in [0.1, 0.15) is 26.4 Å². The number of hydrogen-bond donors (Lipinski definition) is 2. The number of thiophene rings is 1. The second-order valence-electron chi connectivity index (χ2n) is 4.69. The molecule has 0 saturated carbocycles. The van der Waals surface area contributed by atoms with Crippen LogP contribution < -0.4 is 11.1 Å². The summed E-state index contributed by atoms with van der Waals surface area (Å²) in [6.45, 7) is 8.20. The zero-order chi connectivity index (χ0) is 13.1. The number of aryl methyl sites for hydroxylation is 2. The number of rotatable bonds is 4. The van der Waals surface area contributed by atoms with Crippen LogP contribution in [0.4, 0.5) is 5.69 Å². The van der Waals surface area contributed by atoms with Gasteiger partial charge in [0.05, 0.1) is 0 Å². The summed E-state index contributed by atoms with van der Waals surface area (Å²) in [6, 6.07) is 8.35. The molecule has 0 aliphatic heterocycles. The molecule has 1 aromatic carbocycles. The topological polar surface area (TPSA) is 38.0 Å². The molecule has 0 radical (unpaired) electrons. The van der Waals surface area contributed by atoms with Gasteiger partial charge in [-0.1, -0.05) is 12.1 Å². The molecule has 2 nitrogen and oxygen atoms in total. The quantitative estimate of drug-likeness (QED) is 0.825. The van der Waals surface area contributed by atoms with Gasteiger partial charge >= 0.3 is 0 Å². The Kier molecular flexibility index (Phi) is 4.04.